The molecule has 2 heterocycles. The highest BCUT2D eigenvalue weighted by molar-refractivity contribution is 7.16. The van der Waals surface area contributed by atoms with E-state index >= 15 is 0 Å². The summed E-state index contributed by atoms with van der Waals surface area (Å²) >= 11 is 1.68. The van der Waals surface area contributed by atoms with Crippen LogP contribution >= 0.6 is 11.3 Å². The lowest BCUT2D eigenvalue weighted by molar-refractivity contribution is 0.0931. The van der Waals surface area contributed by atoms with E-state index in [4.69, 9.17) is 0 Å². The van der Waals surface area contributed by atoms with Gasteiger partial charge in [-0.2, -0.15) is 0 Å². The molecule has 0 saturated carbocycles. The molecule has 1 atom stereocenters. The fourth-order valence-electron chi connectivity index (χ4n) is 3.37. The predicted octanol–water partition coefficient (Wildman–Crippen LogP) is 5.55. The van der Waals surface area contributed by atoms with E-state index in [0.717, 1.165) is 15.8 Å². The molecule has 0 radical (unpaired) electrons. The molecule has 2 aromatic heterocycles. The number of amides is 1. The number of aromatic nitrogens is 1. The van der Waals surface area contributed by atoms with Crippen LogP contribution in [0.2, 0.25) is 0 Å². The maximum atomic E-state index is 13.1. The molecule has 1 unspecified atom stereocenters. The first-order valence-corrected chi connectivity index (χ1v) is 9.98. The van der Waals surface area contributed by atoms with Crippen molar-refractivity contribution in [2.24, 2.45) is 0 Å². The van der Waals surface area contributed by atoms with Gasteiger partial charge in [-0.3, -0.25) is 4.79 Å². The minimum atomic E-state index is -0.0430. The molecule has 0 fully saturated rings. The van der Waals surface area contributed by atoms with Crippen LogP contribution in [0.15, 0.2) is 72.1 Å². The fourth-order valence-corrected chi connectivity index (χ4v) is 4.27. The second kappa shape index (κ2) is 7.41. The van der Waals surface area contributed by atoms with E-state index in [0.29, 0.717) is 12.2 Å². The van der Waals surface area contributed by atoms with Crippen LogP contribution in [0.3, 0.4) is 0 Å². The van der Waals surface area contributed by atoms with Crippen LogP contribution in [-0.4, -0.2) is 10.5 Å². The molecule has 0 saturated heterocycles. The van der Waals surface area contributed by atoms with Crippen molar-refractivity contribution >= 4 is 27.5 Å². The molecule has 0 aliphatic carbocycles. The van der Waals surface area contributed by atoms with Gasteiger partial charge in [-0.05, 0) is 48.1 Å². The highest BCUT2D eigenvalue weighted by atomic mass is 32.1. The molecule has 0 aliphatic heterocycles. The van der Waals surface area contributed by atoms with Gasteiger partial charge in [0.1, 0.15) is 10.5 Å². The van der Waals surface area contributed by atoms with Crippen LogP contribution in [-0.2, 0) is 6.54 Å². The molecule has 1 N–H and O–H groups in total. The molecule has 1 amide bonds. The van der Waals surface area contributed by atoms with Crippen molar-refractivity contribution in [2.75, 3.05) is 0 Å². The first-order chi connectivity index (χ1) is 13.1. The van der Waals surface area contributed by atoms with E-state index in [-0.39, 0.29) is 11.9 Å². The lowest BCUT2D eigenvalue weighted by atomic mass is 10.1. The highest BCUT2D eigenvalue weighted by Crippen LogP contribution is 2.27. The summed E-state index contributed by atoms with van der Waals surface area (Å²) in [5.41, 5.74) is 4.28. The Bertz CT molecular complexity index is 1080. The summed E-state index contributed by atoms with van der Waals surface area (Å²) in [4.78, 5) is 14.2. The predicted molar refractivity (Wildman–Crippen MR) is 112 cm³/mol. The highest BCUT2D eigenvalue weighted by Gasteiger charge is 2.19. The largest absolute Gasteiger partial charge is 0.344 e. The van der Waals surface area contributed by atoms with Crippen LogP contribution in [0.5, 0.6) is 0 Å². The molecule has 0 spiro atoms. The molecule has 4 rings (SSSR count). The Morgan fingerprint density at radius 3 is 2.59 bits per heavy atom. The van der Waals surface area contributed by atoms with Gasteiger partial charge in [-0.1, -0.05) is 54.6 Å². The Morgan fingerprint density at radius 1 is 1.07 bits per heavy atom. The van der Waals surface area contributed by atoms with Crippen LogP contribution in [0, 0.1) is 6.92 Å². The van der Waals surface area contributed by atoms with Crippen molar-refractivity contribution in [2.45, 2.75) is 26.4 Å². The van der Waals surface area contributed by atoms with Crippen LogP contribution < -0.4 is 5.32 Å². The van der Waals surface area contributed by atoms with Crippen molar-refractivity contribution < 1.29 is 4.79 Å². The molecular formula is C23H22N2OS. The first-order valence-electron chi connectivity index (χ1n) is 9.10. The maximum Gasteiger partial charge on any atom is 0.268 e. The topological polar surface area (TPSA) is 34.0 Å². The molecule has 136 valence electrons. The Kier molecular flexibility index (Phi) is 4.82. The minimum Gasteiger partial charge on any atom is -0.344 e. The molecule has 27 heavy (non-hydrogen) atoms. The van der Waals surface area contributed by atoms with E-state index in [2.05, 4.69) is 46.5 Å². The molecular weight excluding hydrogens is 352 g/mol. The van der Waals surface area contributed by atoms with Gasteiger partial charge >= 0.3 is 0 Å². The van der Waals surface area contributed by atoms with E-state index in [1.165, 1.54) is 11.1 Å². The number of hydrogen-bond donors (Lipinski definition) is 1. The zero-order chi connectivity index (χ0) is 18.8. The average Bonchev–Trinajstić information content (AvgIpc) is 3.27. The summed E-state index contributed by atoms with van der Waals surface area (Å²) in [5, 5.41) is 6.34. The summed E-state index contributed by atoms with van der Waals surface area (Å²) in [6, 6.07) is 22.4. The van der Waals surface area contributed by atoms with E-state index < -0.39 is 0 Å². The summed E-state index contributed by atoms with van der Waals surface area (Å²) in [6.45, 7) is 4.82. The van der Waals surface area contributed by atoms with Crippen LogP contribution in [0.1, 0.15) is 40.1 Å². The van der Waals surface area contributed by atoms with Crippen molar-refractivity contribution in [3.05, 3.63) is 94.5 Å². The molecule has 3 nitrogen and oxygen atoms in total. The zero-order valence-corrected chi connectivity index (χ0v) is 16.3. The van der Waals surface area contributed by atoms with Gasteiger partial charge in [0.25, 0.3) is 5.91 Å². The Labute approximate surface area is 163 Å². The van der Waals surface area contributed by atoms with Gasteiger partial charge in [-0.25, -0.2) is 0 Å². The first kappa shape index (κ1) is 17.6. The van der Waals surface area contributed by atoms with Crippen molar-refractivity contribution in [3.8, 4) is 0 Å². The smallest absolute Gasteiger partial charge is 0.268 e. The molecule has 0 bridgehead atoms. The number of hydrogen-bond acceptors (Lipinski definition) is 2. The molecule has 0 aliphatic rings. The van der Waals surface area contributed by atoms with Gasteiger partial charge in [-0.15, -0.1) is 11.3 Å². The van der Waals surface area contributed by atoms with Crippen LogP contribution in [0.25, 0.3) is 10.2 Å². The number of rotatable bonds is 5. The number of fused-ring (bicyclic) bond motifs is 1. The molecule has 4 aromatic rings. The van der Waals surface area contributed by atoms with Gasteiger partial charge in [0.05, 0.1) is 6.04 Å². The van der Waals surface area contributed by atoms with Crippen molar-refractivity contribution in [3.63, 3.8) is 0 Å². The van der Waals surface area contributed by atoms with Gasteiger partial charge in [0, 0.05) is 11.9 Å². The lowest BCUT2D eigenvalue weighted by Crippen LogP contribution is -2.28. The summed E-state index contributed by atoms with van der Waals surface area (Å²) in [7, 11) is 0. The third-order valence-corrected chi connectivity index (χ3v) is 5.92. The standard InChI is InChI=1S/C23H22N2OS/c1-16-8-6-7-11-20(16)15-25-21(14-19-12-13-27-23(19)25)22(26)24-17(2)18-9-4-3-5-10-18/h3-14,17H,15H2,1-2H3,(H,24,26). The van der Waals surface area contributed by atoms with E-state index in [9.17, 15) is 4.79 Å². The van der Waals surface area contributed by atoms with Crippen molar-refractivity contribution in [1.82, 2.24) is 9.88 Å². The molecule has 2 aromatic carbocycles. The molecule has 4 heteroatoms. The number of nitrogens with zero attached hydrogens (tertiary/aromatic N) is 1. The number of carbonyl (C=O) groups excluding carboxylic acids is 1. The van der Waals surface area contributed by atoms with Gasteiger partial charge in [0.2, 0.25) is 0 Å². The normalized spacial score (nSPS) is 12.2. The average molecular weight is 375 g/mol. The van der Waals surface area contributed by atoms with Gasteiger partial charge in [0.15, 0.2) is 0 Å². The summed E-state index contributed by atoms with van der Waals surface area (Å²) in [6.07, 6.45) is 0. The van der Waals surface area contributed by atoms with Crippen LogP contribution in [0.4, 0.5) is 0 Å². The monoisotopic (exact) mass is 374 g/mol. The second-order valence-corrected chi connectivity index (χ2v) is 7.72. The number of nitrogens with one attached hydrogen (secondary N) is 1. The third-order valence-electron chi connectivity index (χ3n) is 4.97. The summed E-state index contributed by atoms with van der Waals surface area (Å²) in [5.74, 6) is -0.0386. The quantitative estimate of drug-likeness (QED) is 0.488. The van der Waals surface area contributed by atoms with E-state index in [1.54, 1.807) is 11.3 Å². The fraction of sp³-hybridized carbons (Fsp3) is 0.174. The SMILES string of the molecule is Cc1ccccc1Cn1c(C(=O)NC(C)c2ccccc2)cc2ccsc21. The Morgan fingerprint density at radius 2 is 1.81 bits per heavy atom. The number of aryl methyl sites for hydroxylation is 1. The summed E-state index contributed by atoms with van der Waals surface area (Å²) < 4.78 is 2.13. The number of carbonyl (C=O) groups is 1. The Balaban J connectivity index is 1.66. The zero-order valence-electron chi connectivity index (χ0n) is 15.5. The van der Waals surface area contributed by atoms with E-state index in [1.807, 2.05) is 49.4 Å². The Hall–Kier alpha value is -2.85. The van der Waals surface area contributed by atoms with Gasteiger partial charge < -0.3 is 9.88 Å². The third kappa shape index (κ3) is 3.53. The maximum absolute atomic E-state index is 13.1. The van der Waals surface area contributed by atoms with Crippen molar-refractivity contribution in [1.29, 1.82) is 0 Å². The lowest BCUT2D eigenvalue weighted by Gasteiger charge is -2.16. The number of benzene rings is 2. The minimum absolute atomic E-state index is 0.0386. The number of thiophene rings is 1. The second-order valence-electron chi connectivity index (χ2n) is 6.83.